The monoisotopic (exact) mass is 198 g/mol. The molecule has 0 amide bonds. The maximum Gasteiger partial charge on any atom is 0.0991 e. The van der Waals surface area contributed by atoms with Gasteiger partial charge in [0.2, 0.25) is 0 Å². The summed E-state index contributed by atoms with van der Waals surface area (Å²) in [7, 11) is 0. The third-order valence-corrected chi connectivity index (χ3v) is 2.07. The van der Waals surface area contributed by atoms with Crippen LogP contribution in [0.2, 0.25) is 0 Å². The molecule has 2 N–H and O–H groups in total. The first-order valence-electron chi connectivity index (χ1n) is 4.60. The van der Waals surface area contributed by atoms with Gasteiger partial charge in [0.1, 0.15) is 0 Å². The standard InChI is InChI=1S/C11H10N4/c12-5-9-1-3-11(4-2-9)13-6-10-7-14-15-8-10/h1-4,7-8,13H,6H2,(H,14,15). The van der Waals surface area contributed by atoms with E-state index in [1.807, 2.05) is 18.3 Å². The Hall–Kier alpha value is -2.28. The van der Waals surface area contributed by atoms with Crippen molar-refractivity contribution >= 4 is 5.69 Å². The molecule has 0 saturated heterocycles. The number of hydrogen-bond donors (Lipinski definition) is 2. The highest BCUT2D eigenvalue weighted by Gasteiger charge is 1.95. The van der Waals surface area contributed by atoms with Crippen LogP contribution < -0.4 is 5.32 Å². The van der Waals surface area contributed by atoms with E-state index >= 15 is 0 Å². The zero-order chi connectivity index (χ0) is 10.5. The van der Waals surface area contributed by atoms with Crippen molar-refractivity contribution in [1.29, 1.82) is 5.26 Å². The van der Waals surface area contributed by atoms with Crippen molar-refractivity contribution in [3.63, 3.8) is 0 Å². The summed E-state index contributed by atoms with van der Waals surface area (Å²) in [6, 6.07) is 9.43. The minimum Gasteiger partial charge on any atom is -0.381 e. The van der Waals surface area contributed by atoms with E-state index in [-0.39, 0.29) is 0 Å². The molecule has 0 unspecified atom stereocenters. The summed E-state index contributed by atoms with van der Waals surface area (Å²) < 4.78 is 0. The van der Waals surface area contributed by atoms with Gasteiger partial charge in [-0.1, -0.05) is 0 Å². The van der Waals surface area contributed by atoms with Crippen LogP contribution in [0.1, 0.15) is 11.1 Å². The largest absolute Gasteiger partial charge is 0.381 e. The van der Waals surface area contributed by atoms with Crippen molar-refractivity contribution in [1.82, 2.24) is 10.2 Å². The number of H-pyrrole nitrogens is 1. The smallest absolute Gasteiger partial charge is 0.0991 e. The van der Waals surface area contributed by atoms with Gasteiger partial charge in [-0.3, -0.25) is 5.10 Å². The van der Waals surface area contributed by atoms with E-state index in [1.54, 1.807) is 18.3 Å². The van der Waals surface area contributed by atoms with Crippen molar-refractivity contribution in [2.24, 2.45) is 0 Å². The second-order valence-corrected chi connectivity index (χ2v) is 3.15. The first-order chi connectivity index (χ1) is 7.38. The minimum atomic E-state index is 0.670. The maximum absolute atomic E-state index is 8.63. The Kier molecular flexibility index (Phi) is 2.65. The summed E-state index contributed by atoms with van der Waals surface area (Å²) in [6.45, 7) is 0.725. The summed E-state index contributed by atoms with van der Waals surface area (Å²) in [4.78, 5) is 0. The van der Waals surface area contributed by atoms with Crippen LogP contribution in [-0.4, -0.2) is 10.2 Å². The molecule has 0 aliphatic heterocycles. The molecule has 0 spiro atoms. The molecule has 0 radical (unpaired) electrons. The molecule has 4 nitrogen and oxygen atoms in total. The number of nitrogens with one attached hydrogen (secondary N) is 2. The topological polar surface area (TPSA) is 64.5 Å². The van der Waals surface area contributed by atoms with E-state index < -0.39 is 0 Å². The highest BCUT2D eigenvalue weighted by Crippen LogP contribution is 2.09. The Morgan fingerprint density at radius 1 is 1.33 bits per heavy atom. The number of aromatic nitrogens is 2. The van der Waals surface area contributed by atoms with Gasteiger partial charge in [-0.2, -0.15) is 10.4 Å². The van der Waals surface area contributed by atoms with Crippen molar-refractivity contribution in [3.05, 3.63) is 47.8 Å². The summed E-state index contributed by atoms with van der Waals surface area (Å²) in [5, 5.41) is 18.5. The van der Waals surface area contributed by atoms with E-state index in [2.05, 4.69) is 21.6 Å². The molecule has 0 fully saturated rings. The van der Waals surface area contributed by atoms with Gasteiger partial charge < -0.3 is 5.32 Å². The predicted molar refractivity (Wildman–Crippen MR) is 57.1 cm³/mol. The van der Waals surface area contributed by atoms with Gasteiger partial charge in [0, 0.05) is 24.0 Å². The Bertz CT molecular complexity index is 450. The molecule has 2 rings (SSSR count). The average molecular weight is 198 g/mol. The van der Waals surface area contributed by atoms with Gasteiger partial charge in [0.25, 0.3) is 0 Å². The minimum absolute atomic E-state index is 0.670. The molecule has 2 aromatic rings. The van der Waals surface area contributed by atoms with Gasteiger partial charge in [-0.15, -0.1) is 0 Å². The number of nitriles is 1. The van der Waals surface area contributed by atoms with Gasteiger partial charge in [0.05, 0.1) is 17.8 Å². The number of hydrogen-bond acceptors (Lipinski definition) is 3. The molecule has 0 aliphatic carbocycles. The molecule has 74 valence electrons. The molecule has 0 bridgehead atoms. The highest BCUT2D eigenvalue weighted by atomic mass is 15.1. The molecule has 15 heavy (non-hydrogen) atoms. The molecule has 4 heteroatoms. The summed E-state index contributed by atoms with van der Waals surface area (Å²) >= 11 is 0. The molecule has 1 heterocycles. The molecule has 1 aromatic heterocycles. The third kappa shape index (κ3) is 2.35. The SMILES string of the molecule is N#Cc1ccc(NCc2cn[nH]c2)cc1. The van der Waals surface area contributed by atoms with Crippen LogP contribution in [-0.2, 0) is 6.54 Å². The fourth-order valence-corrected chi connectivity index (χ4v) is 1.24. The lowest BCUT2D eigenvalue weighted by Crippen LogP contribution is -1.97. The second-order valence-electron chi connectivity index (χ2n) is 3.15. The van der Waals surface area contributed by atoms with Crippen LogP contribution in [0.4, 0.5) is 5.69 Å². The second kappa shape index (κ2) is 4.29. The lowest BCUT2D eigenvalue weighted by Gasteiger charge is -2.03. The van der Waals surface area contributed by atoms with Crippen molar-refractivity contribution in [3.8, 4) is 6.07 Å². The molecule has 0 aliphatic rings. The zero-order valence-electron chi connectivity index (χ0n) is 8.07. The number of nitrogens with zero attached hydrogens (tertiary/aromatic N) is 2. The Morgan fingerprint density at radius 2 is 2.13 bits per heavy atom. The van der Waals surface area contributed by atoms with E-state index in [0.717, 1.165) is 17.8 Å². The molecule has 0 atom stereocenters. The van der Waals surface area contributed by atoms with Crippen molar-refractivity contribution in [2.75, 3.05) is 5.32 Å². The predicted octanol–water partition coefficient (Wildman–Crippen LogP) is 1.89. The fourth-order valence-electron chi connectivity index (χ4n) is 1.24. The summed E-state index contributed by atoms with van der Waals surface area (Å²) in [5.41, 5.74) is 2.76. The van der Waals surface area contributed by atoms with Crippen molar-refractivity contribution < 1.29 is 0 Å². The lowest BCUT2D eigenvalue weighted by atomic mass is 10.2. The van der Waals surface area contributed by atoms with E-state index in [1.165, 1.54) is 0 Å². The molecule has 1 aromatic carbocycles. The Balaban J connectivity index is 1.97. The maximum atomic E-state index is 8.63. The molecule has 0 saturated carbocycles. The van der Waals surface area contributed by atoms with Crippen LogP contribution in [0, 0.1) is 11.3 Å². The lowest BCUT2D eigenvalue weighted by molar-refractivity contribution is 1.09. The van der Waals surface area contributed by atoms with Crippen molar-refractivity contribution in [2.45, 2.75) is 6.54 Å². The van der Waals surface area contributed by atoms with Crippen LogP contribution in [0.5, 0.6) is 0 Å². The fraction of sp³-hybridized carbons (Fsp3) is 0.0909. The first-order valence-corrected chi connectivity index (χ1v) is 4.60. The van der Waals surface area contributed by atoms with E-state index in [0.29, 0.717) is 5.56 Å². The zero-order valence-corrected chi connectivity index (χ0v) is 8.07. The van der Waals surface area contributed by atoms with Crippen LogP contribution in [0.3, 0.4) is 0 Å². The highest BCUT2D eigenvalue weighted by molar-refractivity contribution is 5.47. The van der Waals surface area contributed by atoms with Crippen LogP contribution in [0.25, 0.3) is 0 Å². The van der Waals surface area contributed by atoms with Crippen LogP contribution >= 0.6 is 0 Å². The van der Waals surface area contributed by atoms with E-state index in [9.17, 15) is 0 Å². The quantitative estimate of drug-likeness (QED) is 0.791. The number of rotatable bonds is 3. The van der Waals surface area contributed by atoms with Gasteiger partial charge >= 0.3 is 0 Å². The Morgan fingerprint density at radius 3 is 2.73 bits per heavy atom. The van der Waals surface area contributed by atoms with E-state index in [4.69, 9.17) is 5.26 Å². The molecular weight excluding hydrogens is 188 g/mol. The summed E-state index contributed by atoms with van der Waals surface area (Å²) in [6.07, 6.45) is 3.62. The molecular formula is C11H10N4. The normalized spacial score (nSPS) is 9.53. The summed E-state index contributed by atoms with van der Waals surface area (Å²) in [5.74, 6) is 0. The van der Waals surface area contributed by atoms with Gasteiger partial charge in [0.15, 0.2) is 0 Å². The van der Waals surface area contributed by atoms with Gasteiger partial charge in [-0.25, -0.2) is 0 Å². The third-order valence-electron chi connectivity index (χ3n) is 2.07. The first kappa shape index (κ1) is 9.28. The Labute approximate surface area is 87.6 Å². The van der Waals surface area contributed by atoms with Crippen LogP contribution in [0.15, 0.2) is 36.7 Å². The number of aromatic amines is 1. The van der Waals surface area contributed by atoms with Gasteiger partial charge in [-0.05, 0) is 24.3 Å². The average Bonchev–Trinajstić information content (AvgIpc) is 2.80. The number of anilines is 1. The number of benzene rings is 1.